The Morgan fingerprint density at radius 3 is 1.43 bits per heavy atom. The summed E-state index contributed by atoms with van der Waals surface area (Å²) in [4.78, 5) is 0. The second kappa shape index (κ2) is 6.17. The molecule has 6 aromatic rings. The SMILES string of the molecule is C[Si](C)(C)c1ccc2c(ccc3c2ccc2c4ccc5ccccc5c4ccc32)c1. The molecule has 0 aliphatic heterocycles. The van der Waals surface area contributed by atoms with Gasteiger partial charge in [0, 0.05) is 0 Å². The molecule has 144 valence electrons. The maximum atomic E-state index is 2.41. The van der Waals surface area contributed by atoms with Crippen LogP contribution in [-0.4, -0.2) is 8.07 Å². The number of hydrogen-bond acceptors (Lipinski definition) is 0. The normalized spacial score (nSPS) is 12.5. The fourth-order valence-electron chi connectivity index (χ4n) is 4.93. The highest BCUT2D eigenvalue weighted by atomic mass is 28.3. The summed E-state index contributed by atoms with van der Waals surface area (Å²) < 4.78 is 0. The molecule has 0 amide bonds. The van der Waals surface area contributed by atoms with E-state index in [9.17, 15) is 0 Å². The molecule has 30 heavy (non-hydrogen) atoms. The third-order valence-electron chi connectivity index (χ3n) is 6.60. The van der Waals surface area contributed by atoms with Crippen molar-refractivity contribution in [1.82, 2.24) is 0 Å². The van der Waals surface area contributed by atoms with Crippen LogP contribution in [0, 0.1) is 0 Å². The molecule has 0 nitrogen and oxygen atoms in total. The average molecular weight is 401 g/mol. The molecule has 0 fully saturated rings. The second-order valence-electron chi connectivity index (χ2n) is 9.45. The summed E-state index contributed by atoms with van der Waals surface area (Å²) in [6.07, 6.45) is 0. The predicted molar refractivity (Wildman–Crippen MR) is 137 cm³/mol. The van der Waals surface area contributed by atoms with Crippen LogP contribution in [0.5, 0.6) is 0 Å². The van der Waals surface area contributed by atoms with E-state index in [0.29, 0.717) is 0 Å². The molecule has 6 rings (SSSR count). The van der Waals surface area contributed by atoms with Crippen LogP contribution in [0.25, 0.3) is 53.9 Å². The van der Waals surface area contributed by atoms with Gasteiger partial charge in [0.25, 0.3) is 0 Å². The van der Waals surface area contributed by atoms with Gasteiger partial charge in [-0.15, -0.1) is 0 Å². The lowest BCUT2D eigenvalue weighted by atomic mass is 9.92. The van der Waals surface area contributed by atoms with Gasteiger partial charge in [-0.1, -0.05) is 116 Å². The number of fused-ring (bicyclic) bond motifs is 9. The lowest BCUT2D eigenvalue weighted by Gasteiger charge is -2.18. The summed E-state index contributed by atoms with van der Waals surface area (Å²) in [7, 11) is -1.31. The van der Waals surface area contributed by atoms with E-state index in [2.05, 4.69) is 111 Å². The van der Waals surface area contributed by atoms with Crippen molar-refractivity contribution in [3.8, 4) is 0 Å². The van der Waals surface area contributed by atoms with Crippen molar-refractivity contribution in [3.63, 3.8) is 0 Å². The van der Waals surface area contributed by atoms with Crippen molar-refractivity contribution < 1.29 is 0 Å². The third kappa shape index (κ3) is 2.52. The highest BCUT2D eigenvalue weighted by Crippen LogP contribution is 2.36. The standard InChI is InChI=1S/C29H24Si/c1-30(2,3)21-10-13-23-20(18-21)9-12-27-25(23)15-17-28-26-11-8-19-6-4-5-7-22(19)24(26)14-16-29(27)28/h4-18H,1-3H3. The Labute approximate surface area is 177 Å². The molecule has 0 saturated carbocycles. The summed E-state index contributed by atoms with van der Waals surface area (Å²) in [6, 6.07) is 34.2. The molecule has 0 aliphatic carbocycles. The zero-order chi connectivity index (χ0) is 20.5. The molecule has 0 spiro atoms. The molecule has 0 unspecified atom stereocenters. The van der Waals surface area contributed by atoms with Crippen LogP contribution in [0.2, 0.25) is 19.6 Å². The molecule has 0 N–H and O–H groups in total. The van der Waals surface area contributed by atoms with Crippen molar-refractivity contribution >= 4 is 67.1 Å². The fourth-order valence-corrected chi connectivity index (χ4v) is 6.10. The quantitative estimate of drug-likeness (QED) is 0.194. The van der Waals surface area contributed by atoms with Gasteiger partial charge >= 0.3 is 0 Å². The Bertz CT molecular complexity index is 1620. The summed E-state index contributed by atoms with van der Waals surface area (Å²) >= 11 is 0. The van der Waals surface area contributed by atoms with E-state index in [1.165, 1.54) is 59.0 Å². The zero-order valence-corrected chi connectivity index (χ0v) is 18.7. The Balaban J connectivity index is 1.69. The number of benzene rings is 6. The van der Waals surface area contributed by atoms with Crippen LogP contribution < -0.4 is 5.19 Å². The van der Waals surface area contributed by atoms with Crippen LogP contribution in [-0.2, 0) is 0 Å². The molecule has 0 aliphatic rings. The largest absolute Gasteiger partial charge is 0.0776 e. The lowest BCUT2D eigenvalue weighted by Crippen LogP contribution is -2.37. The predicted octanol–water partition coefficient (Wildman–Crippen LogP) is 8.00. The van der Waals surface area contributed by atoms with Crippen molar-refractivity contribution in [2.45, 2.75) is 19.6 Å². The van der Waals surface area contributed by atoms with E-state index in [4.69, 9.17) is 0 Å². The Hall–Kier alpha value is -3.16. The second-order valence-corrected chi connectivity index (χ2v) is 14.5. The first kappa shape index (κ1) is 17.7. The van der Waals surface area contributed by atoms with Gasteiger partial charge in [-0.2, -0.15) is 0 Å². The number of rotatable bonds is 1. The van der Waals surface area contributed by atoms with Crippen LogP contribution in [0.15, 0.2) is 91.0 Å². The van der Waals surface area contributed by atoms with Gasteiger partial charge in [-0.3, -0.25) is 0 Å². The molecule has 0 atom stereocenters. The minimum Gasteiger partial charge on any atom is -0.0656 e. The van der Waals surface area contributed by atoms with E-state index in [1.54, 1.807) is 0 Å². The Morgan fingerprint density at radius 2 is 0.833 bits per heavy atom. The summed E-state index contributed by atoms with van der Waals surface area (Å²) in [5.74, 6) is 0. The van der Waals surface area contributed by atoms with Crippen molar-refractivity contribution in [2.24, 2.45) is 0 Å². The molecule has 0 heterocycles. The van der Waals surface area contributed by atoms with Gasteiger partial charge in [-0.25, -0.2) is 0 Å². The topological polar surface area (TPSA) is 0 Å². The number of hydrogen-bond donors (Lipinski definition) is 0. The molecule has 6 aromatic carbocycles. The lowest BCUT2D eigenvalue weighted by molar-refractivity contribution is 1.72. The van der Waals surface area contributed by atoms with Gasteiger partial charge in [0.05, 0.1) is 8.07 Å². The maximum absolute atomic E-state index is 2.41. The van der Waals surface area contributed by atoms with E-state index in [0.717, 1.165) is 0 Å². The molecule has 0 saturated heterocycles. The van der Waals surface area contributed by atoms with Crippen molar-refractivity contribution in [3.05, 3.63) is 91.0 Å². The van der Waals surface area contributed by atoms with Crippen LogP contribution in [0.4, 0.5) is 0 Å². The first-order chi connectivity index (χ1) is 14.5. The molecule has 0 bridgehead atoms. The minimum absolute atomic E-state index is 1.30. The van der Waals surface area contributed by atoms with E-state index in [1.807, 2.05) is 0 Å². The van der Waals surface area contributed by atoms with Gasteiger partial charge in [-0.05, 0) is 53.9 Å². The van der Waals surface area contributed by atoms with Crippen LogP contribution >= 0.6 is 0 Å². The fraction of sp³-hybridized carbons (Fsp3) is 0.103. The van der Waals surface area contributed by atoms with Crippen LogP contribution in [0.3, 0.4) is 0 Å². The van der Waals surface area contributed by atoms with Gasteiger partial charge in [0.15, 0.2) is 0 Å². The first-order valence-electron chi connectivity index (χ1n) is 10.7. The highest BCUT2D eigenvalue weighted by molar-refractivity contribution is 6.88. The van der Waals surface area contributed by atoms with Gasteiger partial charge in [0.1, 0.15) is 0 Å². The van der Waals surface area contributed by atoms with Crippen molar-refractivity contribution in [2.75, 3.05) is 0 Å². The Morgan fingerprint density at radius 1 is 0.400 bits per heavy atom. The highest BCUT2D eigenvalue weighted by Gasteiger charge is 2.17. The summed E-state index contributed by atoms with van der Waals surface area (Å²) in [6.45, 7) is 7.24. The third-order valence-corrected chi connectivity index (χ3v) is 8.65. The van der Waals surface area contributed by atoms with E-state index in [-0.39, 0.29) is 0 Å². The van der Waals surface area contributed by atoms with E-state index < -0.39 is 8.07 Å². The molecule has 1 heteroatoms. The monoisotopic (exact) mass is 400 g/mol. The summed E-state index contributed by atoms with van der Waals surface area (Å²) in [5.41, 5.74) is 0. The Kier molecular flexibility index (Phi) is 3.63. The zero-order valence-electron chi connectivity index (χ0n) is 17.7. The summed E-state index contributed by atoms with van der Waals surface area (Å²) in [5, 5.41) is 14.9. The smallest absolute Gasteiger partial charge is 0.0656 e. The molecule has 0 aromatic heterocycles. The average Bonchev–Trinajstić information content (AvgIpc) is 2.77. The maximum Gasteiger partial charge on any atom is 0.0776 e. The molecular formula is C29H24Si. The van der Waals surface area contributed by atoms with E-state index >= 15 is 0 Å². The first-order valence-corrected chi connectivity index (χ1v) is 14.2. The van der Waals surface area contributed by atoms with Gasteiger partial charge < -0.3 is 0 Å². The molecule has 0 radical (unpaired) electrons. The molecular weight excluding hydrogens is 376 g/mol. The van der Waals surface area contributed by atoms with Gasteiger partial charge in [0.2, 0.25) is 0 Å². The van der Waals surface area contributed by atoms with Crippen LogP contribution in [0.1, 0.15) is 0 Å². The van der Waals surface area contributed by atoms with Crippen molar-refractivity contribution in [1.29, 1.82) is 0 Å². The minimum atomic E-state index is -1.31.